The van der Waals surface area contributed by atoms with E-state index < -0.39 is 11.9 Å². The number of esters is 2. The van der Waals surface area contributed by atoms with E-state index in [1.54, 1.807) is 0 Å². The zero-order chi connectivity index (χ0) is 20.7. The highest BCUT2D eigenvalue weighted by Crippen LogP contribution is 2.10. The van der Waals surface area contributed by atoms with E-state index in [9.17, 15) is 9.59 Å². The number of unbranched alkanes of at least 4 members (excludes halogenated alkanes) is 13. The molecule has 0 saturated carbocycles. The highest BCUT2D eigenvalue weighted by molar-refractivity contribution is 5.73. The summed E-state index contributed by atoms with van der Waals surface area (Å²) in [7, 11) is 0. The largest absolute Gasteiger partial charge is 0.464 e. The first-order chi connectivity index (χ1) is 13.7. The lowest BCUT2D eigenvalue weighted by Gasteiger charge is -2.07. The van der Waals surface area contributed by atoms with Gasteiger partial charge in [-0.2, -0.15) is 0 Å². The van der Waals surface area contributed by atoms with E-state index in [1.165, 1.54) is 70.6 Å². The van der Waals surface area contributed by atoms with Crippen LogP contribution in [0.3, 0.4) is 0 Å². The van der Waals surface area contributed by atoms with Gasteiger partial charge < -0.3 is 14.2 Å². The van der Waals surface area contributed by atoms with Gasteiger partial charge in [-0.3, -0.25) is 0 Å². The molecule has 0 aromatic heterocycles. The van der Waals surface area contributed by atoms with Crippen molar-refractivity contribution in [3.8, 4) is 0 Å². The van der Waals surface area contributed by atoms with Crippen LogP contribution < -0.4 is 0 Å². The highest BCUT2D eigenvalue weighted by Gasteiger charge is 2.07. The van der Waals surface area contributed by atoms with Crippen LogP contribution in [0.4, 0.5) is 0 Å². The Bertz CT molecular complexity index is 357. The van der Waals surface area contributed by atoms with Crippen LogP contribution in [-0.4, -0.2) is 38.4 Å². The molecule has 0 saturated heterocycles. The summed E-state index contributed by atoms with van der Waals surface area (Å²) in [5, 5.41) is 0. The van der Waals surface area contributed by atoms with E-state index in [0.29, 0.717) is 13.2 Å². The maximum atomic E-state index is 11.5. The Balaban J connectivity index is 3.29. The topological polar surface area (TPSA) is 61.8 Å². The van der Waals surface area contributed by atoms with Gasteiger partial charge in [-0.05, 0) is 12.8 Å². The molecule has 0 spiro atoms. The summed E-state index contributed by atoms with van der Waals surface area (Å²) in [5.41, 5.74) is 0. The Labute approximate surface area is 172 Å². The van der Waals surface area contributed by atoms with Crippen LogP contribution >= 0.6 is 0 Å². The number of carbonyl (C=O) groups excluding carboxylic acids is 2. The molecule has 0 aromatic carbocycles. The van der Waals surface area contributed by atoms with Gasteiger partial charge in [0.05, 0.1) is 13.2 Å². The van der Waals surface area contributed by atoms with Crippen molar-refractivity contribution in [3.05, 3.63) is 0 Å². The molecule has 5 nitrogen and oxygen atoms in total. The maximum absolute atomic E-state index is 11.5. The Morgan fingerprint density at radius 3 is 1.18 bits per heavy atom. The summed E-state index contributed by atoms with van der Waals surface area (Å²) in [4.78, 5) is 23.0. The lowest BCUT2D eigenvalue weighted by molar-refractivity contribution is -0.155. The van der Waals surface area contributed by atoms with Crippen molar-refractivity contribution in [2.45, 2.75) is 110 Å². The minimum absolute atomic E-state index is 0.191. The quantitative estimate of drug-likeness (QED) is 0.175. The molecule has 28 heavy (non-hydrogen) atoms. The normalized spacial score (nSPS) is 10.8. The van der Waals surface area contributed by atoms with Gasteiger partial charge in [-0.25, -0.2) is 9.59 Å². The first-order valence-electron chi connectivity index (χ1n) is 11.6. The third-order valence-corrected chi connectivity index (χ3v) is 4.71. The Morgan fingerprint density at radius 2 is 0.821 bits per heavy atom. The molecule has 0 N–H and O–H groups in total. The average Bonchev–Trinajstić information content (AvgIpc) is 2.68. The number of carbonyl (C=O) groups is 2. The molecule has 0 radical (unpaired) electrons. The fourth-order valence-corrected chi connectivity index (χ4v) is 2.97. The van der Waals surface area contributed by atoms with E-state index >= 15 is 0 Å². The summed E-state index contributed by atoms with van der Waals surface area (Å²) < 4.78 is 15.2. The molecule has 0 unspecified atom stereocenters. The van der Waals surface area contributed by atoms with Crippen molar-refractivity contribution in [1.82, 2.24) is 0 Å². The first kappa shape index (κ1) is 26.9. The van der Waals surface area contributed by atoms with Gasteiger partial charge in [0.2, 0.25) is 0 Å². The second-order valence-electron chi connectivity index (χ2n) is 7.53. The molecule has 0 aromatic rings. The lowest BCUT2D eigenvalue weighted by atomic mass is 10.1. The maximum Gasteiger partial charge on any atom is 0.332 e. The van der Waals surface area contributed by atoms with E-state index in [1.807, 2.05) is 0 Å². The summed E-state index contributed by atoms with van der Waals surface area (Å²) in [6, 6.07) is 0. The van der Waals surface area contributed by atoms with Gasteiger partial charge in [0.1, 0.15) is 13.2 Å². The standard InChI is InChI=1S/C23H44O5/c1-3-5-7-9-10-11-12-13-15-17-19-28-23(25)21-26-20-22(24)27-18-16-14-8-6-4-2/h3-21H2,1-2H3. The van der Waals surface area contributed by atoms with Crippen LogP contribution in [0.2, 0.25) is 0 Å². The minimum Gasteiger partial charge on any atom is -0.464 e. The van der Waals surface area contributed by atoms with Crippen LogP contribution in [0.15, 0.2) is 0 Å². The zero-order valence-corrected chi connectivity index (χ0v) is 18.5. The molecule has 0 heterocycles. The van der Waals surface area contributed by atoms with E-state index in [4.69, 9.17) is 14.2 Å². The summed E-state index contributed by atoms with van der Waals surface area (Å²) in [6.45, 7) is 4.88. The van der Waals surface area contributed by atoms with Crippen molar-refractivity contribution in [3.63, 3.8) is 0 Å². The molecule has 0 fully saturated rings. The van der Waals surface area contributed by atoms with Crippen molar-refractivity contribution in [2.75, 3.05) is 26.4 Å². The average molecular weight is 401 g/mol. The van der Waals surface area contributed by atoms with Gasteiger partial charge >= 0.3 is 11.9 Å². The molecule has 166 valence electrons. The predicted molar refractivity (Wildman–Crippen MR) is 113 cm³/mol. The molecular formula is C23H44O5. The molecule has 5 heteroatoms. The molecule has 0 aliphatic rings. The van der Waals surface area contributed by atoms with Crippen molar-refractivity contribution in [1.29, 1.82) is 0 Å². The van der Waals surface area contributed by atoms with Crippen LogP contribution in [-0.2, 0) is 23.8 Å². The summed E-state index contributed by atoms with van der Waals surface area (Å²) in [6.07, 6.45) is 18.0. The fourth-order valence-electron chi connectivity index (χ4n) is 2.97. The van der Waals surface area contributed by atoms with Gasteiger partial charge in [0.15, 0.2) is 0 Å². The minimum atomic E-state index is -0.419. The zero-order valence-electron chi connectivity index (χ0n) is 18.5. The Hall–Kier alpha value is -1.10. The van der Waals surface area contributed by atoms with Crippen LogP contribution in [0.1, 0.15) is 110 Å². The summed E-state index contributed by atoms with van der Waals surface area (Å²) in [5.74, 6) is -0.832. The Morgan fingerprint density at radius 1 is 0.500 bits per heavy atom. The van der Waals surface area contributed by atoms with Crippen molar-refractivity contribution < 1.29 is 23.8 Å². The molecular weight excluding hydrogens is 356 g/mol. The molecule has 0 aliphatic heterocycles. The molecule has 0 aliphatic carbocycles. The molecule has 0 rings (SSSR count). The third-order valence-electron chi connectivity index (χ3n) is 4.71. The smallest absolute Gasteiger partial charge is 0.332 e. The number of hydrogen-bond donors (Lipinski definition) is 0. The Kier molecular flexibility index (Phi) is 21.3. The summed E-state index contributed by atoms with van der Waals surface area (Å²) >= 11 is 0. The van der Waals surface area contributed by atoms with E-state index in [-0.39, 0.29) is 13.2 Å². The van der Waals surface area contributed by atoms with E-state index in [2.05, 4.69) is 13.8 Å². The third kappa shape index (κ3) is 21.2. The van der Waals surface area contributed by atoms with Gasteiger partial charge in [-0.15, -0.1) is 0 Å². The van der Waals surface area contributed by atoms with Gasteiger partial charge in [-0.1, -0.05) is 97.3 Å². The first-order valence-corrected chi connectivity index (χ1v) is 11.6. The number of hydrogen-bond acceptors (Lipinski definition) is 5. The molecule has 0 atom stereocenters. The van der Waals surface area contributed by atoms with Crippen LogP contribution in [0.5, 0.6) is 0 Å². The van der Waals surface area contributed by atoms with Gasteiger partial charge in [0.25, 0.3) is 0 Å². The molecule has 0 bridgehead atoms. The van der Waals surface area contributed by atoms with Crippen molar-refractivity contribution in [2.24, 2.45) is 0 Å². The van der Waals surface area contributed by atoms with Crippen molar-refractivity contribution >= 4 is 11.9 Å². The predicted octanol–water partition coefficient (Wildman–Crippen LogP) is 5.98. The SMILES string of the molecule is CCCCCCCCCCCCOC(=O)COCC(=O)OCCCCCCC. The van der Waals surface area contributed by atoms with Crippen LogP contribution in [0, 0.1) is 0 Å². The lowest BCUT2D eigenvalue weighted by Crippen LogP contribution is -2.19. The number of ether oxygens (including phenoxy) is 3. The second kappa shape index (κ2) is 22.2. The fraction of sp³-hybridized carbons (Fsp3) is 0.913. The van der Waals surface area contributed by atoms with E-state index in [0.717, 1.165) is 25.7 Å². The van der Waals surface area contributed by atoms with Gasteiger partial charge in [0, 0.05) is 0 Å². The second-order valence-corrected chi connectivity index (χ2v) is 7.53. The monoisotopic (exact) mass is 400 g/mol. The molecule has 0 amide bonds. The van der Waals surface area contributed by atoms with Crippen LogP contribution in [0.25, 0.3) is 0 Å². The highest BCUT2D eigenvalue weighted by atomic mass is 16.6. The number of rotatable bonds is 21.